The topological polar surface area (TPSA) is 82.2 Å². The van der Waals surface area contributed by atoms with Gasteiger partial charge in [0.2, 0.25) is 0 Å². The van der Waals surface area contributed by atoms with Crippen LogP contribution in [0.3, 0.4) is 0 Å². The molecule has 112 valence electrons. The Kier molecular flexibility index (Phi) is 5.49. The van der Waals surface area contributed by atoms with E-state index in [1.165, 1.54) is 6.20 Å². The molecular weight excluding hydrogens is 336 g/mol. The van der Waals surface area contributed by atoms with Crippen LogP contribution >= 0.6 is 15.9 Å². The molecule has 0 atom stereocenters. The molecule has 2 rings (SSSR count). The maximum atomic E-state index is 11.1. The third-order valence-corrected chi connectivity index (χ3v) is 3.70. The lowest BCUT2D eigenvalue weighted by Gasteiger charge is -2.09. The molecule has 0 fully saturated rings. The fourth-order valence-electron chi connectivity index (χ4n) is 1.81. The first-order valence-electron chi connectivity index (χ1n) is 6.44. The Morgan fingerprint density at radius 3 is 2.95 bits per heavy atom. The summed E-state index contributed by atoms with van der Waals surface area (Å²) in [4.78, 5) is 11.1. The standard InChI is InChI=1S/C14H17BrN4O2/c1-21-5-4-17-7-10-2-3-12(6-13(10)15)19-9-11(8-18-19)14(16)20/h2-3,6,8-9,17H,4-5,7H2,1H3,(H2,16,20). The average molecular weight is 353 g/mol. The van der Waals surface area contributed by atoms with Gasteiger partial charge in [-0.3, -0.25) is 4.79 Å². The van der Waals surface area contributed by atoms with Crippen molar-refractivity contribution in [1.82, 2.24) is 15.1 Å². The quantitative estimate of drug-likeness (QED) is 0.739. The summed E-state index contributed by atoms with van der Waals surface area (Å²) in [6.07, 6.45) is 3.07. The molecule has 7 heteroatoms. The van der Waals surface area contributed by atoms with Gasteiger partial charge in [-0.25, -0.2) is 4.68 Å². The molecule has 0 unspecified atom stereocenters. The first kappa shape index (κ1) is 15.7. The number of nitrogens with one attached hydrogen (secondary N) is 1. The number of carbonyl (C=O) groups excluding carboxylic acids is 1. The number of benzene rings is 1. The number of methoxy groups -OCH3 is 1. The van der Waals surface area contributed by atoms with E-state index >= 15 is 0 Å². The van der Waals surface area contributed by atoms with Crippen LogP contribution in [0.1, 0.15) is 15.9 Å². The highest BCUT2D eigenvalue weighted by Crippen LogP contribution is 2.21. The van der Waals surface area contributed by atoms with Crippen molar-refractivity contribution in [2.45, 2.75) is 6.54 Å². The Balaban J connectivity index is 2.08. The van der Waals surface area contributed by atoms with E-state index in [4.69, 9.17) is 10.5 Å². The fourth-order valence-corrected chi connectivity index (χ4v) is 2.32. The SMILES string of the molecule is COCCNCc1ccc(-n2cc(C(N)=O)cn2)cc1Br. The molecule has 6 nitrogen and oxygen atoms in total. The lowest BCUT2D eigenvalue weighted by Crippen LogP contribution is -2.18. The highest BCUT2D eigenvalue weighted by atomic mass is 79.9. The number of ether oxygens (including phenoxy) is 1. The number of primary amides is 1. The van der Waals surface area contributed by atoms with E-state index < -0.39 is 5.91 Å². The third kappa shape index (κ3) is 4.13. The van der Waals surface area contributed by atoms with Gasteiger partial charge in [-0.05, 0) is 17.7 Å². The molecule has 0 saturated carbocycles. The first-order valence-corrected chi connectivity index (χ1v) is 7.24. The van der Waals surface area contributed by atoms with Crippen LogP contribution in [-0.4, -0.2) is 35.9 Å². The van der Waals surface area contributed by atoms with Gasteiger partial charge in [0.1, 0.15) is 0 Å². The van der Waals surface area contributed by atoms with Crippen LogP contribution < -0.4 is 11.1 Å². The predicted molar refractivity (Wildman–Crippen MR) is 83.4 cm³/mol. The molecule has 3 N–H and O–H groups in total. The number of rotatable bonds is 7. The van der Waals surface area contributed by atoms with Crippen molar-refractivity contribution in [3.63, 3.8) is 0 Å². The summed E-state index contributed by atoms with van der Waals surface area (Å²) < 4.78 is 7.58. The Morgan fingerprint density at radius 1 is 1.52 bits per heavy atom. The second-order valence-corrected chi connectivity index (χ2v) is 5.34. The van der Waals surface area contributed by atoms with Crippen LogP contribution in [0.5, 0.6) is 0 Å². The zero-order valence-corrected chi connectivity index (χ0v) is 13.3. The number of amides is 1. The normalized spacial score (nSPS) is 10.8. The highest BCUT2D eigenvalue weighted by Gasteiger charge is 2.07. The van der Waals surface area contributed by atoms with Gasteiger partial charge in [-0.2, -0.15) is 5.10 Å². The number of hydrogen-bond acceptors (Lipinski definition) is 4. The highest BCUT2D eigenvalue weighted by molar-refractivity contribution is 9.10. The predicted octanol–water partition coefficient (Wildman–Crippen LogP) is 1.47. The Hall–Kier alpha value is -1.70. The Morgan fingerprint density at radius 2 is 2.33 bits per heavy atom. The van der Waals surface area contributed by atoms with Crippen LogP contribution in [0.4, 0.5) is 0 Å². The van der Waals surface area contributed by atoms with Gasteiger partial charge in [0.25, 0.3) is 5.91 Å². The van der Waals surface area contributed by atoms with Gasteiger partial charge in [-0.15, -0.1) is 0 Å². The first-order chi connectivity index (χ1) is 10.1. The lowest BCUT2D eigenvalue weighted by molar-refractivity contribution is 0.100. The second-order valence-electron chi connectivity index (χ2n) is 4.48. The summed E-state index contributed by atoms with van der Waals surface area (Å²) in [5.41, 5.74) is 7.60. The molecule has 0 aliphatic carbocycles. The van der Waals surface area contributed by atoms with Crippen molar-refractivity contribution < 1.29 is 9.53 Å². The molecule has 21 heavy (non-hydrogen) atoms. The summed E-state index contributed by atoms with van der Waals surface area (Å²) >= 11 is 3.55. The van der Waals surface area contributed by atoms with Crippen molar-refractivity contribution in [3.8, 4) is 5.69 Å². The minimum atomic E-state index is -0.487. The molecule has 0 aliphatic heterocycles. The number of carbonyl (C=O) groups is 1. The Labute approximate surface area is 131 Å². The lowest BCUT2D eigenvalue weighted by atomic mass is 10.2. The van der Waals surface area contributed by atoms with Crippen molar-refractivity contribution in [2.24, 2.45) is 5.73 Å². The third-order valence-electron chi connectivity index (χ3n) is 2.97. The number of aromatic nitrogens is 2. The Bertz CT molecular complexity index is 627. The van der Waals surface area contributed by atoms with E-state index in [9.17, 15) is 4.79 Å². The molecule has 0 bridgehead atoms. The smallest absolute Gasteiger partial charge is 0.251 e. The van der Waals surface area contributed by atoms with E-state index in [1.54, 1.807) is 18.0 Å². The fraction of sp³-hybridized carbons (Fsp3) is 0.286. The molecule has 2 aromatic rings. The number of halogens is 1. The second kappa shape index (κ2) is 7.35. The summed E-state index contributed by atoms with van der Waals surface area (Å²) in [6, 6.07) is 5.89. The van der Waals surface area contributed by atoms with Crippen LogP contribution in [0.25, 0.3) is 5.69 Å². The molecule has 1 aromatic carbocycles. The van der Waals surface area contributed by atoms with Crippen molar-refractivity contribution in [2.75, 3.05) is 20.3 Å². The maximum absolute atomic E-state index is 11.1. The molecule has 0 saturated heterocycles. The van der Waals surface area contributed by atoms with Gasteiger partial charge in [0.15, 0.2) is 0 Å². The molecule has 0 radical (unpaired) electrons. The zero-order valence-electron chi connectivity index (χ0n) is 11.7. The van der Waals surface area contributed by atoms with Gasteiger partial charge >= 0.3 is 0 Å². The molecule has 1 aromatic heterocycles. The van der Waals surface area contributed by atoms with Gasteiger partial charge in [-0.1, -0.05) is 22.0 Å². The van der Waals surface area contributed by atoms with Crippen molar-refractivity contribution in [1.29, 1.82) is 0 Å². The summed E-state index contributed by atoms with van der Waals surface area (Å²) in [6.45, 7) is 2.22. The number of hydrogen-bond donors (Lipinski definition) is 2. The molecular formula is C14H17BrN4O2. The summed E-state index contributed by atoms with van der Waals surface area (Å²) in [5, 5.41) is 7.41. The summed E-state index contributed by atoms with van der Waals surface area (Å²) in [5.74, 6) is -0.487. The van der Waals surface area contributed by atoms with E-state index in [-0.39, 0.29) is 0 Å². The van der Waals surface area contributed by atoms with Crippen molar-refractivity contribution >= 4 is 21.8 Å². The van der Waals surface area contributed by atoms with Gasteiger partial charge in [0, 0.05) is 30.9 Å². The van der Waals surface area contributed by atoms with Crippen LogP contribution in [0.15, 0.2) is 35.1 Å². The molecule has 0 spiro atoms. The minimum absolute atomic E-state index is 0.386. The van der Waals surface area contributed by atoms with Gasteiger partial charge < -0.3 is 15.8 Å². The molecule has 0 aliphatic rings. The molecule has 1 amide bonds. The van der Waals surface area contributed by atoms with Crippen LogP contribution in [0, 0.1) is 0 Å². The monoisotopic (exact) mass is 352 g/mol. The largest absolute Gasteiger partial charge is 0.383 e. The summed E-state index contributed by atoms with van der Waals surface area (Å²) in [7, 11) is 1.68. The average Bonchev–Trinajstić information content (AvgIpc) is 2.95. The maximum Gasteiger partial charge on any atom is 0.251 e. The van der Waals surface area contributed by atoms with E-state index in [0.29, 0.717) is 12.2 Å². The van der Waals surface area contributed by atoms with Crippen LogP contribution in [0.2, 0.25) is 0 Å². The number of nitrogens with two attached hydrogens (primary N) is 1. The number of nitrogens with zero attached hydrogens (tertiary/aromatic N) is 2. The zero-order chi connectivity index (χ0) is 15.2. The minimum Gasteiger partial charge on any atom is -0.383 e. The van der Waals surface area contributed by atoms with E-state index in [1.807, 2.05) is 18.2 Å². The molecule has 1 heterocycles. The van der Waals surface area contributed by atoms with E-state index in [0.717, 1.165) is 28.8 Å². The van der Waals surface area contributed by atoms with E-state index in [2.05, 4.69) is 26.3 Å². The van der Waals surface area contributed by atoms with Gasteiger partial charge in [0.05, 0.1) is 24.1 Å². The van der Waals surface area contributed by atoms with Crippen LogP contribution in [-0.2, 0) is 11.3 Å². The van der Waals surface area contributed by atoms with Crippen molar-refractivity contribution in [3.05, 3.63) is 46.2 Å².